The highest BCUT2D eigenvalue weighted by Crippen LogP contribution is 2.26. The van der Waals surface area contributed by atoms with E-state index in [1.807, 2.05) is 30.3 Å². The molecule has 1 fully saturated rings. The van der Waals surface area contributed by atoms with Gasteiger partial charge in [-0.25, -0.2) is 8.42 Å². The third kappa shape index (κ3) is 3.33. The molecule has 0 saturated carbocycles. The molecule has 1 saturated heterocycles. The zero-order valence-corrected chi connectivity index (χ0v) is 15.4. The predicted octanol–water partition coefficient (Wildman–Crippen LogP) is 0.678. The van der Waals surface area contributed by atoms with Crippen molar-refractivity contribution >= 4 is 21.8 Å². The van der Waals surface area contributed by atoms with E-state index in [-0.39, 0.29) is 35.1 Å². The fourth-order valence-electron chi connectivity index (χ4n) is 3.58. The minimum Gasteiger partial charge on any atom is -0.339 e. The van der Waals surface area contributed by atoms with E-state index in [1.165, 1.54) is 6.07 Å². The van der Waals surface area contributed by atoms with Crippen molar-refractivity contribution in [1.82, 2.24) is 9.62 Å². The first-order valence-corrected chi connectivity index (χ1v) is 10.2. The Morgan fingerprint density at radius 3 is 2.59 bits per heavy atom. The summed E-state index contributed by atoms with van der Waals surface area (Å²) in [6, 6.07) is 16.4. The van der Waals surface area contributed by atoms with Crippen LogP contribution in [0, 0.1) is 0 Å². The van der Waals surface area contributed by atoms with E-state index in [9.17, 15) is 13.2 Å². The van der Waals surface area contributed by atoms with Crippen LogP contribution >= 0.6 is 0 Å². The molecule has 140 valence electrons. The number of carbonyl (C=O) groups is 1. The van der Waals surface area contributed by atoms with Gasteiger partial charge in [-0.15, -0.1) is 0 Å². The molecule has 0 unspecified atom stereocenters. The molecular weight excluding hydrogens is 364 g/mol. The largest absolute Gasteiger partial charge is 0.339 e. The van der Waals surface area contributed by atoms with E-state index in [2.05, 4.69) is 9.71 Å². The van der Waals surface area contributed by atoms with E-state index in [0.717, 1.165) is 5.56 Å². The molecule has 3 N–H and O–H groups in total. The molecule has 2 aromatic carbocycles. The summed E-state index contributed by atoms with van der Waals surface area (Å²) in [5.74, 6) is 0.135. The number of hydrogen-bond acceptors (Lipinski definition) is 5. The van der Waals surface area contributed by atoms with Crippen LogP contribution in [0.15, 0.2) is 64.5 Å². The number of carbonyl (C=O) groups excluding carboxylic acids is 1. The Morgan fingerprint density at radius 1 is 1.11 bits per heavy atom. The Hall–Kier alpha value is -2.71. The maximum Gasteiger partial charge on any atom is 0.263 e. The van der Waals surface area contributed by atoms with E-state index < -0.39 is 10.0 Å². The highest BCUT2D eigenvalue weighted by atomic mass is 32.2. The normalized spacial score (nSPS) is 24.6. The van der Waals surface area contributed by atoms with Crippen molar-refractivity contribution < 1.29 is 13.2 Å². The fourth-order valence-corrected chi connectivity index (χ4v) is 4.83. The smallest absolute Gasteiger partial charge is 0.263 e. The van der Waals surface area contributed by atoms with Crippen molar-refractivity contribution in [1.29, 1.82) is 0 Å². The number of fused-ring (bicyclic) bond motifs is 1. The summed E-state index contributed by atoms with van der Waals surface area (Å²) in [4.78, 5) is 18.7. The number of amides is 1. The van der Waals surface area contributed by atoms with Crippen LogP contribution in [-0.4, -0.2) is 50.7 Å². The lowest BCUT2D eigenvalue weighted by molar-refractivity contribution is -0.128. The summed E-state index contributed by atoms with van der Waals surface area (Å²) in [6.07, 6.45) is 0. The monoisotopic (exact) mass is 384 g/mol. The van der Waals surface area contributed by atoms with Gasteiger partial charge in [0.15, 0.2) is 0 Å². The number of likely N-dealkylation sites (tertiary alicyclic amines) is 1. The summed E-state index contributed by atoms with van der Waals surface area (Å²) >= 11 is 0. The van der Waals surface area contributed by atoms with Gasteiger partial charge in [-0.1, -0.05) is 42.5 Å². The van der Waals surface area contributed by atoms with Crippen molar-refractivity contribution in [2.45, 2.75) is 16.9 Å². The zero-order chi connectivity index (χ0) is 19.0. The van der Waals surface area contributed by atoms with Gasteiger partial charge in [0.2, 0.25) is 5.91 Å². The number of amidine groups is 1. The van der Waals surface area contributed by atoms with Crippen LogP contribution in [0.1, 0.15) is 17.0 Å². The number of benzene rings is 2. The molecule has 8 heteroatoms. The van der Waals surface area contributed by atoms with Gasteiger partial charge in [-0.3, -0.25) is 14.5 Å². The summed E-state index contributed by atoms with van der Waals surface area (Å²) in [6.45, 7) is 0.878. The molecule has 2 heterocycles. The second-order valence-corrected chi connectivity index (χ2v) is 8.40. The lowest BCUT2D eigenvalue weighted by Gasteiger charge is -2.15. The number of nitrogens with zero attached hydrogens (tertiary/aromatic N) is 2. The highest BCUT2D eigenvalue weighted by Gasteiger charge is 2.34. The Bertz CT molecular complexity index is 1000. The van der Waals surface area contributed by atoms with E-state index >= 15 is 0 Å². The molecule has 27 heavy (non-hydrogen) atoms. The van der Waals surface area contributed by atoms with Gasteiger partial charge in [-0.05, 0) is 17.7 Å². The Morgan fingerprint density at radius 2 is 1.81 bits per heavy atom. The highest BCUT2D eigenvalue weighted by molar-refractivity contribution is 7.90. The standard InChI is InChI=1S/C19H20N4O3S/c20-16-12-23(11-15(16)13-6-2-1-3-7-13)18(24)10-21-19-14-8-4-5-9-17(14)27(25,26)22-19/h1-9,15-16H,10-12,20H2,(H,21,22)/t15-,16+/m0/s1. The number of hydrogen-bond donors (Lipinski definition) is 2. The molecule has 0 aliphatic carbocycles. The lowest BCUT2D eigenvalue weighted by Crippen LogP contribution is -2.34. The Labute approximate surface area is 157 Å². The maximum absolute atomic E-state index is 12.6. The van der Waals surface area contributed by atoms with Crippen LogP contribution in [0.2, 0.25) is 0 Å². The topological polar surface area (TPSA) is 105 Å². The second kappa shape index (κ2) is 6.79. The number of nitrogens with two attached hydrogens (primary N) is 1. The maximum atomic E-state index is 12.6. The first kappa shape index (κ1) is 17.7. The molecule has 0 bridgehead atoms. The van der Waals surface area contributed by atoms with Crippen molar-refractivity contribution in [3.05, 3.63) is 65.7 Å². The van der Waals surface area contributed by atoms with Crippen LogP contribution in [-0.2, 0) is 14.8 Å². The van der Waals surface area contributed by atoms with Crippen molar-refractivity contribution in [3.63, 3.8) is 0 Å². The van der Waals surface area contributed by atoms with Crippen LogP contribution in [0.25, 0.3) is 0 Å². The summed E-state index contributed by atoms with van der Waals surface area (Å²) in [5, 5.41) is 0. The van der Waals surface area contributed by atoms with E-state index in [4.69, 9.17) is 5.73 Å². The lowest BCUT2D eigenvalue weighted by atomic mass is 9.95. The van der Waals surface area contributed by atoms with Crippen molar-refractivity contribution in [3.8, 4) is 0 Å². The van der Waals surface area contributed by atoms with Gasteiger partial charge in [0.05, 0.1) is 4.90 Å². The molecule has 1 amide bonds. The second-order valence-electron chi connectivity index (χ2n) is 6.75. The van der Waals surface area contributed by atoms with Crippen molar-refractivity contribution in [2.24, 2.45) is 10.7 Å². The SMILES string of the molecule is N[C@@H]1CN(C(=O)CN=C2NS(=O)(=O)c3ccccc32)C[C@H]1c1ccccc1. The number of rotatable bonds is 3. The Balaban J connectivity index is 1.47. The third-order valence-corrected chi connectivity index (χ3v) is 6.38. The third-order valence-electron chi connectivity index (χ3n) is 4.98. The molecule has 0 radical (unpaired) electrons. The molecule has 0 aromatic heterocycles. The molecule has 2 aliphatic rings. The number of sulfonamides is 1. The minimum atomic E-state index is -3.60. The van der Waals surface area contributed by atoms with Gasteiger partial charge < -0.3 is 10.6 Å². The average molecular weight is 384 g/mol. The van der Waals surface area contributed by atoms with E-state index in [0.29, 0.717) is 18.7 Å². The fraction of sp³-hybridized carbons (Fsp3) is 0.263. The molecule has 2 aromatic rings. The molecule has 7 nitrogen and oxygen atoms in total. The molecule has 2 aliphatic heterocycles. The summed E-state index contributed by atoms with van der Waals surface area (Å²) in [5.41, 5.74) is 7.84. The van der Waals surface area contributed by atoms with Crippen LogP contribution in [0.3, 0.4) is 0 Å². The van der Waals surface area contributed by atoms with E-state index in [1.54, 1.807) is 23.1 Å². The first-order valence-electron chi connectivity index (χ1n) is 8.71. The minimum absolute atomic E-state index is 0.0912. The zero-order valence-electron chi connectivity index (χ0n) is 14.6. The van der Waals surface area contributed by atoms with Gasteiger partial charge in [-0.2, -0.15) is 0 Å². The number of aliphatic imine (C=N–C) groups is 1. The Kier molecular flexibility index (Phi) is 4.45. The van der Waals surface area contributed by atoms with Crippen LogP contribution in [0.5, 0.6) is 0 Å². The quantitative estimate of drug-likeness (QED) is 0.812. The molecular formula is C19H20N4O3S. The molecule has 4 rings (SSSR count). The first-order chi connectivity index (χ1) is 13.0. The van der Waals surface area contributed by atoms with Crippen LogP contribution in [0.4, 0.5) is 0 Å². The van der Waals surface area contributed by atoms with Gasteiger partial charge in [0.25, 0.3) is 10.0 Å². The number of nitrogens with one attached hydrogen (secondary N) is 1. The summed E-state index contributed by atoms with van der Waals surface area (Å²) in [7, 11) is -3.60. The van der Waals surface area contributed by atoms with Gasteiger partial charge in [0.1, 0.15) is 12.4 Å². The molecule has 0 spiro atoms. The average Bonchev–Trinajstić information content (AvgIpc) is 3.18. The van der Waals surface area contributed by atoms with Gasteiger partial charge in [0, 0.05) is 30.6 Å². The van der Waals surface area contributed by atoms with Crippen molar-refractivity contribution in [2.75, 3.05) is 19.6 Å². The summed E-state index contributed by atoms with van der Waals surface area (Å²) < 4.78 is 26.6. The predicted molar refractivity (Wildman–Crippen MR) is 102 cm³/mol. The molecule has 2 atom stereocenters. The van der Waals surface area contributed by atoms with Gasteiger partial charge >= 0.3 is 0 Å². The van der Waals surface area contributed by atoms with Crippen LogP contribution < -0.4 is 10.5 Å².